The van der Waals surface area contributed by atoms with Gasteiger partial charge in [-0.25, -0.2) is 0 Å². The Labute approximate surface area is 125 Å². The van der Waals surface area contributed by atoms with Crippen LogP contribution in [0.1, 0.15) is 28.7 Å². The van der Waals surface area contributed by atoms with Crippen LogP contribution in [0, 0.1) is 20.8 Å². The van der Waals surface area contributed by atoms with E-state index in [0.29, 0.717) is 6.04 Å². The molecule has 1 fully saturated rings. The highest BCUT2D eigenvalue weighted by molar-refractivity contribution is 5.17. The van der Waals surface area contributed by atoms with Gasteiger partial charge in [0.15, 0.2) is 0 Å². The summed E-state index contributed by atoms with van der Waals surface area (Å²) in [6, 6.07) is 2.66. The second kappa shape index (κ2) is 5.48. The topological polar surface area (TPSA) is 38.9 Å². The zero-order valence-corrected chi connectivity index (χ0v) is 13.1. The van der Waals surface area contributed by atoms with Gasteiger partial charge in [0.25, 0.3) is 0 Å². The van der Waals surface area contributed by atoms with Crippen molar-refractivity contribution in [3.05, 3.63) is 47.6 Å². The molecule has 0 spiro atoms. The third-order valence-electron chi connectivity index (χ3n) is 4.23. The van der Waals surface area contributed by atoms with E-state index in [9.17, 15) is 0 Å². The van der Waals surface area contributed by atoms with Crippen molar-refractivity contribution in [2.45, 2.75) is 39.9 Å². The van der Waals surface area contributed by atoms with Crippen molar-refractivity contribution in [1.82, 2.24) is 24.5 Å². The summed E-state index contributed by atoms with van der Waals surface area (Å²) in [4.78, 5) is 2.45. The maximum absolute atomic E-state index is 4.58. The molecule has 1 aliphatic heterocycles. The number of allylic oxidation sites excluding steroid dienone is 1. The molecule has 0 atom stereocenters. The summed E-state index contributed by atoms with van der Waals surface area (Å²) in [5, 5.41) is 8.99. The normalized spacial score (nSPS) is 16.1. The van der Waals surface area contributed by atoms with Gasteiger partial charge in [-0.2, -0.15) is 10.2 Å². The number of nitrogens with zero attached hydrogens (tertiary/aromatic N) is 5. The molecule has 3 rings (SSSR count). The second-order valence-electron chi connectivity index (χ2n) is 5.95. The first-order chi connectivity index (χ1) is 10.1. The van der Waals surface area contributed by atoms with Crippen molar-refractivity contribution in [2.75, 3.05) is 13.1 Å². The molecular formula is C16H23N5. The molecular weight excluding hydrogens is 262 g/mol. The van der Waals surface area contributed by atoms with Crippen molar-refractivity contribution in [1.29, 1.82) is 0 Å². The van der Waals surface area contributed by atoms with Crippen LogP contribution in [0.15, 0.2) is 24.9 Å². The molecule has 0 aliphatic carbocycles. The predicted octanol–water partition coefficient (Wildman–Crippen LogP) is 2.25. The Bertz CT molecular complexity index is 646. The van der Waals surface area contributed by atoms with Gasteiger partial charge < -0.3 is 0 Å². The van der Waals surface area contributed by atoms with Gasteiger partial charge in [-0.05, 0) is 26.8 Å². The van der Waals surface area contributed by atoms with E-state index in [4.69, 9.17) is 0 Å². The van der Waals surface area contributed by atoms with Gasteiger partial charge in [0, 0.05) is 36.6 Å². The van der Waals surface area contributed by atoms with E-state index in [1.807, 2.05) is 17.0 Å². The van der Waals surface area contributed by atoms with Crippen LogP contribution in [0.4, 0.5) is 0 Å². The summed E-state index contributed by atoms with van der Waals surface area (Å²) in [5.74, 6) is 0. The van der Waals surface area contributed by atoms with E-state index in [0.717, 1.165) is 31.9 Å². The lowest BCUT2D eigenvalue weighted by Gasteiger charge is -2.39. The fourth-order valence-corrected chi connectivity index (χ4v) is 3.03. The summed E-state index contributed by atoms with van der Waals surface area (Å²) in [5.41, 5.74) is 4.91. The second-order valence-corrected chi connectivity index (χ2v) is 5.95. The number of likely N-dealkylation sites (tertiary alicyclic amines) is 1. The highest BCUT2D eigenvalue weighted by Gasteiger charge is 2.30. The van der Waals surface area contributed by atoms with E-state index in [-0.39, 0.29) is 0 Å². The fraction of sp³-hybridized carbons (Fsp3) is 0.500. The first-order valence-corrected chi connectivity index (χ1v) is 7.45. The fourth-order valence-electron chi connectivity index (χ4n) is 3.03. The van der Waals surface area contributed by atoms with Crippen molar-refractivity contribution in [2.24, 2.45) is 0 Å². The van der Waals surface area contributed by atoms with Crippen LogP contribution in [-0.4, -0.2) is 37.6 Å². The first kappa shape index (κ1) is 14.1. The number of hydrogen-bond acceptors (Lipinski definition) is 3. The van der Waals surface area contributed by atoms with Gasteiger partial charge in [0.1, 0.15) is 0 Å². The lowest BCUT2D eigenvalue weighted by molar-refractivity contribution is 0.0891. The third kappa shape index (κ3) is 2.65. The number of rotatable bonds is 5. The van der Waals surface area contributed by atoms with Crippen LogP contribution in [0.25, 0.3) is 0 Å². The molecule has 21 heavy (non-hydrogen) atoms. The molecule has 5 heteroatoms. The largest absolute Gasteiger partial charge is 0.295 e. The molecule has 1 saturated heterocycles. The van der Waals surface area contributed by atoms with Gasteiger partial charge in [0.05, 0.1) is 24.5 Å². The van der Waals surface area contributed by atoms with Gasteiger partial charge in [0.2, 0.25) is 0 Å². The Morgan fingerprint density at radius 1 is 1.33 bits per heavy atom. The molecule has 0 saturated carbocycles. The summed E-state index contributed by atoms with van der Waals surface area (Å²) >= 11 is 0. The first-order valence-electron chi connectivity index (χ1n) is 7.45. The molecule has 0 bridgehead atoms. The van der Waals surface area contributed by atoms with Gasteiger partial charge >= 0.3 is 0 Å². The number of aryl methyl sites for hydroxylation is 2. The van der Waals surface area contributed by atoms with Gasteiger partial charge in [-0.15, -0.1) is 6.58 Å². The quantitative estimate of drug-likeness (QED) is 0.791. The smallest absolute Gasteiger partial charge is 0.0776 e. The van der Waals surface area contributed by atoms with Crippen molar-refractivity contribution in [3.8, 4) is 0 Å². The van der Waals surface area contributed by atoms with E-state index >= 15 is 0 Å². The highest BCUT2D eigenvalue weighted by Crippen LogP contribution is 2.25. The van der Waals surface area contributed by atoms with Crippen LogP contribution in [0.3, 0.4) is 0 Å². The SMILES string of the molecule is C=CCn1ncc(CN2CC(n3nc(C)cc3C)C2)c1C. The molecule has 1 aliphatic rings. The Kier molecular flexibility index (Phi) is 3.68. The number of hydrogen-bond donors (Lipinski definition) is 0. The molecule has 0 aromatic carbocycles. The molecule has 0 radical (unpaired) electrons. The minimum atomic E-state index is 0.516. The van der Waals surface area contributed by atoms with Crippen LogP contribution in [0.5, 0.6) is 0 Å². The van der Waals surface area contributed by atoms with E-state index < -0.39 is 0 Å². The van der Waals surface area contributed by atoms with Crippen LogP contribution in [-0.2, 0) is 13.1 Å². The van der Waals surface area contributed by atoms with E-state index in [1.54, 1.807) is 0 Å². The Morgan fingerprint density at radius 2 is 2.10 bits per heavy atom. The zero-order valence-electron chi connectivity index (χ0n) is 13.1. The van der Waals surface area contributed by atoms with Crippen molar-refractivity contribution in [3.63, 3.8) is 0 Å². The summed E-state index contributed by atoms with van der Waals surface area (Å²) in [6.07, 6.45) is 3.86. The average Bonchev–Trinajstić information content (AvgIpc) is 2.89. The molecule has 2 aromatic rings. The molecule has 2 aromatic heterocycles. The Balaban J connectivity index is 1.60. The Hall–Kier alpha value is -1.88. The van der Waals surface area contributed by atoms with Gasteiger partial charge in [-0.1, -0.05) is 6.08 Å². The monoisotopic (exact) mass is 285 g/mol. The van der Waals surface area contributed by atoms with E-state index in [2.05, 4.69) is 53.2 Å². The van der Waals surface area contributed by atoms with Crippen LogP contribution >= 0.6 is 0 Å². The molecule has 0 unspecified atom stereocenters. The minimum Gasteiger partial charge on any atom is -0.295 e. The molecule has 0 amide bonds. The third-order valence-corrected chi connectivity index (χ3v) is 4.23. The summed E-state index contributed by atoms with van der Waals surface area (Å²) in [6.45, 7) is 14.0. The maximum atomic E-state index is 4.58. The lowest BCUT2D eigenvalue weighted by Crippen LogP contribution is -2.47. The summed E-state index contributed by atoms with van der Waals surface area (Å²) in [7, 11) is 0. The summed E-state index contributed by atoms with van der Waals surface area (Å²) < 4.78 is 4.17. The zero-order chi connectivity index (χ0) is 15.0. The van der Waals surface area contributed by atoms with Gasteiger partial charge in [-0.3, -0.25) is 14.3 Å². The van der Waals surface area contributed by atoms with Crippen LogP contribution in [0.2, 0.25) is 0 Å². The van der Waals surface area contributed by atoms with Crippen LogP contribution < -0.4 is 0 Å². The standard InChI is InChI=1S/C16H23N5/c1-5-6-20-14(4)15(8-17-20)9-19-10-16(11-19)21-13(3)7-12(2)18-21/h5,7-8,16H,1,6,9-11H2,2-4H3. The Morgan fingerprint density at radius 3 is 2.71 bits per heavy atom. The van der Waals surface area contributed by atoms with Crippen molar-refractivity contribution >= 4 is 0 Å². The molecule has 112 valence electrons. The maximum Gasteiger partial charge on any atom is 0.0776 e. The average molecular weight is 285 g/mol. The minimum absolute atomic E-state index is 0.516. The van der Waals surface area contributed by atoms with Crippen molar-refractivity contribution < 1.29 is 0 Å². The highest BCUT2D eigenvalue weighted by atomic mass is 15.4. The molecule has 5 nitrogen and oxygen atoms in total. The lowest BCUT2D eigenvalue weighted by atomic mass is 10.1. The predicted molar refractivity (Wildman–Crippen MR) is 83.2 cm³/mol. The number of aromatic nitrogens is 4. The molecule has 0 N–H and O–H groups in total. The van der Waals surface area contributed by atoms with E-state index in [1.165, 1.54) is 17.0 Å². The molecule has 3 heterocycles.